The second-order valence-electron chi connectivity index (χ2n) is 4.15. The number of carbonyl (C=O) groups excluding carboxylic acids is 1. The van der Waals surface area contributed by atoms with E-state index < -0.39 is 0 Å². The van der Waals surface area contributed by atoms with E-state index in [-0.39, 0.29) is 12.2 Å². The van der Waals surface area contributed by atoms with E-state index in [1.807, 2.05) is 13.8 Å². The molecule has 0 radical (unpaired) electrons. The summed E-state index contributed by atoms with van der Waals surface area (Å²) in [7, 11) is 0. The summed E-state index contributed by atoms with van der Waals surface area (Å²) in [5.74, 6) is 0.361. The van der Waals surface area contributed by atoms with Crippen LogP contribution in [0, 0.1) is 5.92 Å². The normalized spacial score (nSPS) is 21.9. The quantitative estimate of drug-likeness (QED) is 0.743. The number of hydrogen-bond acceptors (Lipinski definition) is 4. The lowest BCUT2D eigenvalue weighted by atomic mass is 10.2. The van der Waals surface area contributed by atoms with E-state index in [1.165, 1.54) is 0 Å². The molecule has 88 valence electrons. The molecule has 1 heterocycles. The van der Waals surface area contributed by atoms with Crippen molar-refractivity contribution in [2.45, 2.75) is 20.0 Å². The summed E-state index contributed by atoms with van der Waals surface area (Å²) < 4.78 is 10.5. The van der Waals surface area contributed by atoms with Gasteiger partial charge in [0.2, 0.25) is 0 Å². The molecule has 0 aromatic rings. The SMILES string of the molecule is CC(C)COC(=O)N1CCOC(CN)C1. The molecule has 0 spiro atoms. The molecule has 1 fully saturated rings. The van der Waals surface area contributed by atoms with Crippen molar-refractivity contribution in [2.75, 3.05) is 32.8 Å². The number of amides is 1. The van der Waals surface area contributed by atoms with Crippen molar-refractivity contribution in [3.8, 4) is 0 Å². The smallest absolute Gasteiger partial charge is 0.409 e. The molecule has 0 aliphatic carbocycles. The van der Waals surface area contributed by atoms with Crippen LogP contribution in [0.2, 0.25) is 0 Å². The first kappa shape index (κ1) is 12.3. The fourth-order valence-corrected chi connectivity index (χ4v) is 1.36. The van der Waals surface area contributed by atoms with Crippen molar-refractivity contribution < 1.29 is 14.3 Å². The van der Waals surface area contributed by atoms with Crippen LogP contribution < -0.4 is 5.73 Å². The zero-order valence-electron chi connectivity index (χ0n) is 9.44. The molecule has 1 atom stereocenters. The number of ether oxygens (including phenoxy) is 2. The molecule has 1 unspecified atom stereocenters. The lowest BCUT2D eigenvalue weighted by Gasteiger charge is -2.31. The van der Waals surface area contributed by atoms with Gasteiger partial charge in [0.05, 0.1) is 25.9 Å². The van der Waals surface area contributed by atoms with Gasteiger partial charge >= 0.3 is 6.09 Å². The van der Waals surface area contributed by atoms with Gasteiger partial charge in [-0.15, -0.1) is 0 Å². The van der Waals surface area contributed by atoms with E-state index in [2.05, 4.69) is 0 Å². The van der Waals surface area contributed by atoms with Crippen molar-refractivity contribution in [2.24, 2.45) is 11.7 Å². The highest BCUT2D eigenvalue weighted by Crippen LogP contribution is 2.06. The van der Waals surface area contributed by atoms with Gasteiger partial charge in [-0.2, -0.15) is 0 Å². The third-order valence-electron chi connectivity index (χ3n) is 2.20. The Morgan fingerprint density at radius 1 is 1.67 bits per heavy atom. The number of carbonyl (C=O) groups is 1. The van der Waals surface area contributed by atoms with Crippen LogP contribution in [0.1, 0.15) is 13.8 Å². The third kappa shape index (κ3) is 4.05. The monoisotopic (exact) mass is 216 g/mol. The van der Waals surface area contributed by atoms with Crippen molar-refractivity contribution >= 4 is 6.09 Å². The lowest BCUT2D eigenvalue weighted by molar-refractivity contribution is -0.0236. The van der Waals surface area contributed by atoms with Crippen LogP contribution in [0.15, 0.2) is 0 Å². The van der Waals surface area contributed by atoms with Crippen LogP contribution in [-0.4, -0.2) is 49.9 Å². The molecule has 1 amide bonds. The van der Waals surface area contributed by atoms with Gasteiger partial charge in [-0.25, -0.2) is 4.79 Å². The van der Waals surface area contributed by atoms with Crippen LogP contribution in [0.25, 0.3) is 0 Å². The minimum absolute atomic E-state index is 0.0506. The van der Waals surface area contributed by atoms with Gasteiger partial charge in [0.1, 0.15) is 0 Å². The maximum absolute atomic E-state index is 11.6. The second kappa shape index (κ2) is 5.92. The summed E-state index contributed by atoms with van der Waals surface area (Å²) >= 11 is 0. The zero-order chi connectivity index (χ0) is 11.3. The van der Waals surface area contributed by atoms with E-state index in [9.17, 15) is 4.79 Å². The van der Waals surface area contributed by atoms with Crippen molar-refractivity contribution in [1.29, 1.82) is 0 Å². The summed E-state index contributed by atoms with van der Waals surface area (Å²) in [4.78, 5) is 13.2. The lowest BCUT2D eigenvalue weighted by Crippen LogP contribution is -2.48. The molecule has 15 heavy (non-hydrogen) atoms. The minimum Gasteiger partial charge on any atom is -0.449 e. The van der Waals surface area contributed by atoms with Gasteiger partial charge in [-0.1, -0.05) is 13.8 Å². The molecule has 1 saturated heterocycles. The first-order valence-corrected chi connectivity index (χ1v) is 5.37. The highest BCUT2D eigenvalue weighted by Gasteiger charge is 2.24. The van der Waals surface area contributed by atoms with Gasteiger partial charge in [-0.05, 0) is 5.92 Å². The number of nitrogens with two attached hydrogens (primary N) is 1. The van der Waals surface area contributed by atoms with E-state index in [4.69, 9.17) is 15.2 Å². The summed E-state index contributed by atoms with van der Waals surface area (Å²) in [6.45, 7) is 6.58. The largest absolute Gasteiger partial charge is 0.449 e. The van der Waals surface area contributed by atoms with Gasteiger partial charge in [0.25, 0.3) is 0 Å². The standard InChI is InChI=1S/C10H20N2O3/c1-8(2)7-15-10(13)12-3-4-14-9(5-11)6-12/h8-9H,3-7,11H2,1-2H3. The number of nitrogens with zero attached hydrogens (tertiary/aromatic N) is 1. The van der Waals surface area contributed by atoms with Crippen LogP contribution in [0.5, 0.6) is 0 Å². The highest BCUT2D eigenvalue weighted by molar-refractivity contribution is 5.67. The predicted octanol–water partition coefficient (Wildman–Crippen LogP) is 0.439. The number of morpholine rings is 1. The first-order chi connectivity index (χ1) is 7.13. The molecule has 1 rings (SSSR count). The van der Waals surface area contributed by atoms with E-state index in [1.54, 1.807) is 4.90 Å². The molecule has 5 heteroatoms. The maximum atomic E-state index is 11.6. The summed E-state index contributed by atoms with van der Waals surface area (Å²) in [5.41, 5.74) is 5.48. The van der Waals surface area contributed by atoms with Crippen LogP contribution in [0.4, 0.5) is 4.79 Å². The first-order valence-electron chi connectivity index (χ1n) is 5.37. The number of rotatable bonds is 3. The average Bonchev–Trinajstić information content (AvgIpc) is 2.26. The Labute approximate surface area is 90.5 Å². The predicted molar refractivity (Wildman–Crippen MR) is 56.6 cm³/mol. The van der Waals surface area contributed by atoms with Gasteiger partial charge in [-0.3, -0.25) is 0 Å². The molecular formula is C10H20N2O3. The topological polar surface area (TPSA) is 64.8 Å². The maximum Gasteiger partial charge on any atom is 0.409 e. The summed E-state index contributed by atoms with van der Waals surface area (Å²) in [6.07, 6.45) is -0.309. The van der Waals surface area contributed by atoms with Crippen LogP contribution in [0.3, 0.4) is 0 Å². The Balaban J connectivity index is 2.32. The molecule has 2 N–H and O–H groups in total. The van der Waals surface area contributed by atoms with E-state index >= 15 is 0 Å². The van der Waals surface area contributed by atoms with Crippen LogP contribution in [-0.2, 0) is 9.47 Å². The van der Waals surface area contributed by atoms with Crippen molar-refractivity contribution in [3.05, 3.63) is 0 Å². The van der Waals surface area contributed by atoms with Gasteiger partial charge < -0.3 is 20.1 Å². The molecule has 0 aromatic heterocycles. The fourth-order valence-electron chi connectivity index (χ4n) is 1.36. The molecule has 0 aromatic carbocycles. The third-order valence-corrected chi connectivity index (χ3v) is 2.20. The van der Waals surface area contributed by atoms with Crippen LogP contribution >= 0.6 is 0 Å². The van der Waals surface area contributed by atoms with Gasteiger partial charge in [0.15, 0.2) is 0 Å². The number of hydrogen-bond donors (Lipinski definition) is 1. The average molecular weight is 216 g/mol. The molecule has 1 aliphatic heterocycles. The van der Waals surface area contributed by atoms with E-state index in [0.717, 1.165) is 0 Å². The Kier molecular flexibility index (Phi) is 4.84. The Bertz CT molecular complexity index is 209. The fraction of sp³-hybridized carbons (Fsp3) is 0.900. The minimum atomic E-state index is -0.259. The highest BCUT2D eigenvalue weighted by atomic mass is 16.6. The molecule has 0 saturated carbocycles. The molecule has 5 nitrogen and oxygen atoms in total. The molecule has 1 aliphatic rings. The Hall–Kier alpha value is -0.810. The zero-order valence-corrected chi connectivity index (χ0v) is 9.44. The Morgan fingerprint density at radius 2 is 2.40 bits per heavy atom. The van der Waals surface area contributed by atoms with E-state index in [0.29, 0.717) is 38.8 Å². The summed E-state index contributed by atoms with van der Waals surface area (Å²) in [5, 5.41) is 0. The Morgan fingerprint density at radius 3 is 3.00 bits per heavy atom. The molecular weight excluding hydrogens is 196 g/mol. The van der Waals surface area contributed by atoms with Gasteiger partial charge in [0, 0.05) is 13.1 Å². The van der Waals surface area contributed by atoms with Crippen molar-refractivity contribution in [3.63, 3.8) is 0 Å². The molecule has 0 bridgehead atoms. The van der Waals surface area contributed by atoms with Crippen molar-refractivity contribution in [1.82, 2.24) is 4.90 Å². The summed E-state index contributed by atoms with van der Waals surface area (Å²) in [6, 6.07) is 0. The second-order valence-corrected chi connectivity index (χ2v) is 4.15.